The molecule has 0 spiro atoms. The molecule has 0 unspecified atom stereocenters. The minimum absolute atomic E-state index is 0.00573. The predicted molar refractivity (Wildman–Crippen MR) is 90.9 cm³/mol. The van der Waals surface area contributed by atoms with Gasteiger partial charge in [-0.15, -0.1) is 0 Å². The Labute approximate surface area is 140 Å². The summed E-state index contributed by atoms with van der Waals surface area (Å²) in [4.78, 5) is 30.9. The Morgan fingerprint density at radius 3 is 2.88 bits per heavy atom. The summed E-state index contributed by atoms with van der Waals surface area (Å²) in [5.74, 6) is -0.170. The maximum absolute atomic E-state index is 12.3. The highest BCUT2D eigenvalue weighted by Crippen LogP contribution is 2.04. The number of nitrogens with zero attached hydrogens (tertiary/aromatic N) is 3. The highest BCUT2D eigenvalue weighted by Gasteiger charge is 2.10. The number of hydrogen-bond acceptors (Lipinski definition) is 5. The standard InChI is InChI=1S/C17H22N4O3/c22-16(18-6-3-7-20-8-10-24-11-9-20)12-21-13-19-15-5-2-1-4-14(15)17(21)23/h1-2,4-5,13H,3,6-12H2,(H,18,22). The molecule has 1 amide bonds. The number of rotatable bonds is 6. The Hall–Kier alpha value is -2.25. The van der Waals surface area contributed by atoms with Crippen LogP contribution in [0.25, 0.3) is 10.9 Å². The van der Waals surface area contributed by atoms with Crippen molar-refractivity contribution in [2.75, 3.05) is 39.4 Å². The summed E-state index contributed by atoms with van der Waals surface area (Å²) in [6.45, 7) is 5.01. The quantitative estimate of drug-likeness (QED) is 0.768. The van der Waals surface area contributed by atoms with Crippen molar-refractivity contribution in [3.05, 3.63) is 40.9 Å². The van der Waals surface area contributed by atoms with E-state index in [1.165, 1.54) is 10.9 Å². The zero-order valence-corrected chi connectivity index (χ0v) is 13.6. The number of hydrogen-bond donors (Lipinski definition) is 1. The second-order valence-electron chi connectivity index (χ2n) is 5.85. The molecule has 128 valence electrons. The Morgan fingerprint density at radius 2 is 2.04 bits per heavy atom. The molecule has 3 rings (SSSR count). The highest BCUT2D eigenvalue weighted by atomic mass is 16.5. The number of carbonyl (C=O) groups excluding carboxylic acids is 1. The van der Waals surface area contributed by atoms with E-state index >= 15 is 0 Å². The van der Waals surface area contributed by atoms with Crippen LogP contribution in [-0.2, 0) is 16.1 Å². The van der Waals surface area contributed by atoms with Gasteiger partial charge in [0.2, 0.25) is 5.91 Å². The maximum atomic E-state index is 12.3. The van der Waals surface area contributed by atoms with Crippen LogP contribution in [0.5, 0.6) is 0 Å². The molecule has 2 aromatic rings. The van der Waals surface area contributed by atoms with E-state index in [1.54, 1.807) is 18.2 Å². The lowest BCUT2D eigenvalue weighted by molar-refractivity contribution is -0.121. The smallest absolute Gasteiger partial charge is 0.261 e. The molecule has 2 heterocycles. The molecule has 1 aliphatic heterocycles. The normalized spacial score (nSPS) is 15.5. The molecule has 1 fully saturated rings. The molecule has 7 heteroatoms. The van der Waals surface area contributed by atoms with Gasteiger partial charge in [0.05, 0.1) is 30.4 Å². The Morgan fingerprint density at radius 1 is 1.25 bits per heavy atom. The van der Waals surface area contributed by atoms with Gasteiger partial charge in [-0.3, -0.25) is 19.1 Å². The van der Waals surface area contributed by atoms with Crippen molar-refractivity contribution in [1.82, 2.24) is 19.8 Å². The van der Waals surface area contributed by atoms with E-state index in [-0.39, 0.29) is 18.0 Å². The molecule has 0 saturated carbocycles. The third-order valence-corrected chi connectivity index (χ3v) is 4.12. The van der Waals surface area contributed by atoms with Gasteiger partial charge in [-0.1, -0.05) is 12.1 Å². The largest absolute Gasteiger partial charge is 0.379 e. The van der Waals surface area contributed by atoms with Gasteiger partial charge in [0.25, 0.3) is 5.56 Å². The third-order valence-electron chi connectivity index (χ3n) is 4.12. The second-order valence-corrected chi connectivity index (χ2v) is 5.85. The zero-order chi connectivity index (χ0) is 16.8. The average molecular weight is 330 g/mol. The summed E-state index contributed by atoms with van der Waals surface area (Å²) >= 11 is 0. The van der Waals surface area contributed by atoms with E-state index in [1.807, 2.05) is 6.07 Å². The minimum Gasteiger partial charge on any atom is -0.379 e. The number of nitrogens with one attached hydrogen (secondary N) is 1. The first-order valence-corrected chi connectivity index (χ1v) is 8.25. The van der Waals surface area contributed by atoms with Gasteiger partial charge in [0.15, 0.2) is 0 Å². The van der Waals surface area contributed by atoms with Crippen molar-refractivity contribution in [3.63, 3.8) is 0 Å². The lowest BCUT2D eigenvalue weighted by Crippen LogP contribution is -2.38. The zero-order valence-electron chi connectivity index (χ0n) is 13.6. The van der Waals surface area contributed by atoms with Crippen LogP contribution in [0.15, 0.2) is 35.4 Å². The number of morpholine rings is 1. The fraction of sp³-hybridized carbons (Fsp3) is 0.471. The number of para-hydroxylation sites is 1. The SMILES string of the molecule is O=C(Cn1cnc2ccccc2c1=O)NCCCN1CCOCC1. The molecule has 1 N–H and O–H groups in total. The van der Waals surface area contributed by atoms with Gasteiger partial charge in [0, 0.05) is 19.6 Å². The van der Waals surface area contributed by atoms with Gasteiger partial charge < -0.3 is 10.1 Å². The number of carbonyl (C=O) groups is 1. The summed E-state index contributed by atoms with van der Waals surface area (Å²) in [6, 6.07) is 7.13. The molecule has 1 aromatic carbocycles. The summed E-state index contributed by atoms with van der Waals surface area (Å²) in [5, 5.41) is 3.39. The van der Waals surface area contributed by atoms with E-state index in [4.69, 9.17) is 4.74 Å². The van der Waals surface area contributed by atoms with Crippen LogP contribution < -0.4 is 10.9 Å². The molecule has 7 nitrogen and oxygen atoms in total. The summed E-state index contributed by atoms with van der Waals surface area (Å²) in [6.07, 6.45) is 2.31. The van der Waals surface area contributed by atoms with E-state index in [0.717, 1.165) is 39.3 Å². The lowest BCUT2D eigenvalue weighted by Gasteiger charge is -2.26. The second kappa shape index (κ2) is 8.03. The summed E-state index contributed by atoms with van der Waals surface area (Å²) in [7, 11) is 0. The monoisotopic (exact) mass is 330 g/mol. The van der Waals surface area contributed by atoms with Crippen LogP contribution in [0, 0.1) is 0 Å². The third kappa shape index (κ3) is 4.18. The fourth-order valence-corrected chi connectivity index (χ4v) is 2.78. The van der Waals surface area contributed by atoms with Crippen LogP contribution >= 0.6 is 0 Å². The number of amides is 1. The van der Waals surface area contributed by atoms with Gasteiger partial charge in [-0.2, -0.15) is 0 Å². The van der Waals surface area contributed by atoms with Crippen molar-refractivity contribution < 1.29 is 9.53 Å². The number of fused-ring (bicyclic) bond motifs is 1. The molecule has 0 atom stereocenters. The number of benzene rings is 1. The van der Waals surface area contributed by atoms with Crippen molar-refractivity contribution in [2.24, 2.45) is 0 Å². The number of ether oxygens (including phenoxy) is 1. The molecular weight excluding hydrogens is 308 g/mol. The van der Waals surface area contributed by atoms with Crippen LogP contribution in [-0.4, -0.2) is 59.8 Å². The summed E-state index contributed by atoms with van der Waals surface area (Å²) in [5.41, 5.74) is 0.453. The van der Waals surface area contributed by atoms with Gasteiger partial charge in [0.1, 0.15) is 6.54 Å². The minimum atomic E-state index is -0.191. The van der Waals surface area contributed by atoms with Crippen LogP contribution in [0.3, 0.4) is 0 Å². The molecule has 1 aliphatic rings. The van der Waals surface area contributed by atoms with E-state index in [9.17, 15) is 9.59 Å². The van der Waals surface area contributed by atoms with Crippen molar-refractivity contribution >= 4 is 16.8 Å². The predicted octanol–water partition coefficient (Wildman–Crippen LogP) is 0.235. The topological polar surface area (TPSA) is 76.5 Å². The molecule has 0 aliphatic carbocycles. The fourth-order valence-electron chi connectivity index (χ4n) is 2.78. The first-order chi connectivity index (χ1) is 11.7. The Balaban J connectivity index is 1.48. The molecule has 0 radical (unpaired) electrons. The van der Waals surface area contributed by atoms with Crippen LogP contribution in [0.1, 0.15) is 6.42 Å². The first-order valence-electron chi connectivity index (χ1n) is 8.25. The van der Waals surface area contributed by atoms with Crippen molar-refractivity contribution in [1.29, 1.82) is 0 Å². The average Bonchev–Trinajstić information content (AvgIpc) is 2.62. The Kier molecular flexibility index (Phi) is 5.55. The van der Waals surface area contributed by atoms with Gasteiger partial charge in [-0.25, -0.2) is 4.98 Å². The molecule has 0 bridgehead atoms. The van der Waals surface area contributed by atoms with Crippen molar-refractivity contribution in [2.45, 2.75) is 13.0 Å². The summed E-state index contributed by atoms with van der Waals surface area (Å²) < 4.78 is 6.65. The van der Waals surface area contributed by atoms with Crippen molar-refractivity contribution in [3.8, 4) is 0 Å². The molecule has 1 aromatic heterocycles. The van der Waals surface area contributed by atoms with Crippen LogP contribution in [0.2, 0.25) is 0 Å². The number of aromatic nitrogens is 2. The molecular formula is C17H22N4O3. The lowest BCUT2D eigenvalue weighted by atomic mass is 10.2. The highest BCUT2D eigenvalue weighted by molar-refractivity contribution is 5.78. The molecule has 1 saturated heterocycles. The Bertz CT molecular complexity index is 753. The first kappa shape index (κ1) is 16.6. The van der Waals surface area contributed by atoms with Gasteiger partial charge in [-0.05, 0) is 25.1 Å². The molecule has 24 heavy (non-hydrogen) atoms. The van der Waals surface area contributed by atoms with E-state index < -0.39 is 0 Å². The van der Waals surface area contributed by atoms with Gasteiger partial charge >= 0.3 is 0 Å². The van der Waals surface area contributed by atoms with E-state index in [2.05, 4.69) is 15.2 Å². The maximum Gasteiger partial charge on any atom is 0.261 e. The van der Waals surface area contributed by atoms with E-state index in [0.29, 0.717) is 17.4 Å². The van der Waals surface area contributed by atoms with Crippen LogP contribution in [0.4, 0.5) is 0 Å².